The van der Waals surface area contributed by atoms with Crippen molar-refractivity contribution in [1.29, 1.82) is 0 Å². The molecular formula is C16H23BrN2O3. The first kappa shape index (κ1) is 18.6. The van der Waals surface area contributed by atoms with Gasteiger partial charge in [-0.15, -0.1) is 0 Å². The molecule has 1 aromatic rings. The van der Waals surface area contributed by atoms with Crippen LogP contribution >= 0.6 is 15.9 Å². The zero-order chi connectivity index (χ0) is 16.5. The van der Waals surface area contributed by atoms with Gasteiger partial charge < -0.3 is 15.0 Å². The quantitative estimate of drug-likeness (QED) is 0.715. The minimum atomic E-state index is -0.0864. The van der Waals surface area contributed by atoms with Gasteiger partial charge in [0.1, 0.15) is 0 Å². The summed E-state index contributed by atoms with van der Waals surface area (Å²) in [5, 5.41) is 2.82. The van der Waals surface area contributed by atoms with Crippen LogP contribution in [-0.2, 0) is 14.3 Å². The van der Waals surface area contributed by atoms with E-state index in [1.165, 1.54) is 6.92 Å². The van der Waals surface area contributed by atoms with Gasteiger partial charge in [0.25, 0.3) is 0 Å². The number of carbonyl (C=O) groups excluding carboxylic acids is 2. The largest absolute Gasteiger partial charge is 0.385 e. The van der Waals surface area contributed by atoms with E-state index in [4.69, 9.17) is 4.74 Å². The maximum absolute atomic E-state index is 11.9. The minimum Gasteiger partial charge on any atom is -0.385 e. The van der Waals surface area contributed by atoms with Gasteiger partial charge in [-0.2, -0.15) is 0 Å². The van der Waals surface area contributed by atoms with Crippen LogP contribution in [0.2, 0.25) is 0 Å². The summed E-state index contributed by atoms with van der Waals surface area (Å²) < 4.78 is 5.77. The SMILES string of the molecule is COCCCNC(=O)CCN(C(C)=O)c1ccc(C)cc1Br. The summed E-state index contributed by atoms with van der Waals surface area (Å²) in [6.07, 6.45) is 1.05. The fourth-order valence-corrected chi connectivity index (χ4v) is 2.73. The Kier molecular flexibility index (Phi) is 8.12. The van der Waals surface area contributed by atoms with E-state index in [2.05, 4.69) is 21.2 Å². The molecule has 0 aliphatic heterocycles. The van der Waals surface area contributed by atoms with E-state index in [1.807, 2.05) is 25.1 Å². The zero-order valence-electron chi connectivity index (χ0n) is 13.3. The van der Waals surface area contributed by atoms with Gasteiger partial charge in [-0.05, 0) is 47.0 Å². The number of nitrogens with zero attached hydrogens (tertiary/aromatic N) is 1. The third-order valence-corrected chi connectivity index (χ3v) is 3.82. The Bertz CT molecular complexity index is 520. The Hall–Kier alpha value is -1.40. The fraction of sp³-hybridized carbons (Fsp3) is 0.500. The highest BCUT2D eigenvalue weighted by Gasteiger charge is 2.15. The molecule has 0 aliphatic rings. The fourth-order valence-electron chi connectivity index (χ4n) is 2.02. The average Bonchev–Trinajstić information content (AvgIpc) is 2.45. The lowest BCUT2D eigenvalue weighted by molar-refractivity contribution is -0.121. The van der Waals surface area contributed by atoms with E-state index in [0.29, 0.717) is 19.7 Å². The van der Waals surface area contributed by atoms with Crippen molar-refractivity contribution in [3.8, 4) is 0 Å². The van der Waals surface area contributed by atoms with Gasteiger partial charge >= 0.3 is 0 Å². The molecule has 0 atom stereocenters. The molecule has 0 fully saturated rings. The maximum Gasteiger partial charge on any atom is 0.223 e. The standard InChI is InChI=1S/C16H23BrN2O3/c1-12-5-6-15(14(17)11-12)19(13(2)20)9-7-16(21)18-8-4-10-22-3/h5-6,11H,4,7-10H2,1-3H3,(H,18,21). The Morgan fingerprint density at radius 1 is 1.36 bits per heavy atom. The summed E-state index contributed by atoms with van der Waals surface area (Å²) in [6, 6.07) is 5.79. The van der Waals surface area contributed by atoms with Crippen molar-refractivity contribution in [1.82, 2.24) is 5.32 Å². The van der Waals surface area contributed by atoms with E-state index in [9.17, 15) is 9.59 Å². The molecule has 6 heteroatoms. The molecular weight excluding hydrogens is 348 g/mol. The van der Waals surface area contributed by atoms with E-state index >= 15 is 0 Å². The van der Waals surface area contributed by atoms with Crippen molar-refractivity contribution in [2.45, 2.75) is 26.7 Å². The number of hydrogen-bond donors (Lipinski definition) is 1. The van der Waals surface area contributed by atoms with Crippen molar-refractivity contribution in [2.75, 3.05) is 31.7 Å². The average molecular weight is 371 g/mol. The van der Waals surface area contributed by atoms with Gasteiger partial charge in [-0.3, -0.25) is 9.59 Å². The lowest BCUT2D eigenvalue weighted by atomic mass is 10.2. The molecule has 1 N–H and O–H groups in total. The van der Waals surface area contributed by atoms with Crippen LogP contribution in [0.25, 0.3) is 0 Å². The second kappa shape index (κ2) is 9.58. The van der Waals surface area contributed by atoms with Gasteiger partial charge in [-0.1, -0.05) is 6.07 Å². The highest BCUT2D eigenvalue weighted by atomic mass is 79.9. The molecule has 0 saturated carbocycles. The summed E-state index contributed by atoms with van der Waals surface area (Å²) >= 11 is 3.47. The molecule has 2 amide bonds. The molecule has 1 aromatic carbocycles. The molecule has 0 bridgehead atoms. The number of halogens is 1. The third-order valence-electron chi connectivity index (χ3n) is 3.18. The molecule has 0 saturated heterocycles. The summed E-state index contributed by atoms with van der Waals surface area (Å²) in [5.74, 6) is -0.151. The van der Waals surface area contributed by atoms with E-state index in [0.717, 1.165) is 22.1 Å². The first-order chi connectivity index (χ1) is 10.5. The second-order valence-electron chi connectivity index (χ2n) is 5.07. The normalized spacial score (nSPS) is 10.4. The molecule has 1 rings (SSSR count). The molecule has 0 unspecified atom stereocenters. The molecule has 5 nitrogen and oxygen atoms in total. The number of carbonyl (C=O) groups is 2. The third kappa shape index (κ3) is 6.15. The lowest BCUT2D eigenvalue weighted by Gasteiger charge is -2.22. The van der Waals surface area contributed by atoms with Crippen molar-refractivity contribution < 1.29 is 14.3 Å². The predicted molar refractivity (Wildman–Crippen MR) is 91.0 cm³/mol. The number of nitrogens with one attached hydrogen (secondary N) is 1. The first-order valence-electron chi connectivity index (χ1n) is 7.25. The zero-order valence-corrected chi connectivity index (χ0v) is 14.9. The number of rotatable bonds is 8. The predicted octanol–water partition coefficient (Wildman–Crippen LogP) is 2.65. The van der Waals surface area contributed by atoms with E-state index in [-0.39, 0.29) is 18.2 Å². The number of benzene rings is 1. The molecule has 122 valence electrons. The summed E-state index contributed by atoms with van der Waals surface area (Å²) in [4.78, 5) is 25.3. The molecule has 0 heterocycles. The summed E-state index contributed by atoms with van der Waals surface area (Å²) in [6.45, 7) is 5.05. The Morgan fingerprint density at radius 3 is 2.68 bits per heavy atom. The molecule has 0 spiro atoms. The van der Waals surface area contributed by atoms with Crippen LogP contribution in [0.4, 0.5) is 5.69 Å². The van der Waals surface area contributed by atoms with Crippen LogP contribution in [0.1, 0.15) is 25.3 Å². The van der Waals surface area contributed by atoms with Gasteiger partial charge in [0.15, 0.2) is 0 Å². The van der Waals surface area contributed by atoms with E-state index in [1.54, 1.807) is 12.0 Å². The molecule has 0 aromatic heterocycles. The Morgan fingerprint density at radius 2 is 2.09 bits per heavy atom. The maximum atomic E-state index is 11.9. The summed E-state index contributed by atoms with van der Waals surface area (Å²) in [7, 11) is 1.63. The second-order valence-corrected chi connectivity index (χ2v) is 5.93. The highest BCUT2D eigenvalue weighted by Crippen LogP contribution is 2.27. The number of hydrogen-bond acceptors (Lipinski definition) is 3. The topological polar surface area (TPSA) is 58.6 Å². The highest BCUT2D eigenvalue weighted by molar-refractivity contribution is 9.10. The number of aryl methyl sites for hydroxylation is 1. The van der Waals surface area contributed by atoms with Crippen molar-refractivity contribution >= 4 is 33.4 Å². The van der Waals surface area contributed by atoms with Gasteiger partial charge in [0, 0.05) is 44.6 Å². The van der Waals surface area contributed by atoms with Crippen LogP contribution in [0, 0.1) is 6.92 Å². The van der Waals surface area contributed by atoms with Gasteiger partial charge in [0.05, 0.1) is 5.69 Å². The number of ether oxygens (including phenoxy) is 1. The minimum absolute atomic E-state index is 0.0643. The number of anilines is 1. The monoisotopic (exact) mass is 370 g/mol. The van der Waals surface area contributed by atoms with Gasteiger partial charge in [-0.25, -0.2) is 0 Å². The Labute approximate surface area is 140 Å². The number of amides is 2. The van der Waals surface area contributed by atoms with Crippen LogP contribution in [0.15, 0.2) is 22.7 Å². The van der Waals surface area contributed by atoms with Crippen LogP contribution in [0.3, 0.4) is 0 Å². The van der Waals surface area contributed by atoms with Crippen LogP contribution < -0.4 is 10.2 Å². The summed E-state index contributed by atoms with van der Waals surface area (Å²) in [5.41, 5.74) is 1.89. The molecule has 0 aliphatic carbocycles. The Balaban J connectivity index is 2.58. The van der Waals surface area contributed by atoms with Gasteiger partial charge in [0.2, 0.25) is 11.8 Å². The van der Waals surface area contributed by atoms with Crippen LogP contribution in [-0.4, -0.2) is 38.6 Å². The smallest absolute Gasteiger partial charge is 0.223 e. The molecule has 0 radical (unpaired) electrons. The van der Waals surface area contributed by atoms with E-state index < -0.39 is 0 Å². The van der Waals surface area contributed by atoms with Crippen molar-refractivity contribution in [3.05, 3.63) is 28.2 Å². The van der Waals surface area contributed by atoms with Crippen molar-refractivity contribution in [2.24, 2.45) is 0 Å². The first-order valence-corrected chi connectivity index (χ1v) is 8.05. The number of methoxy groups -OCH3 is 1. The van der Waals surface area contributed by atoms with Crippen molar-refractivity contribution in [3.63, 3.8) is 0 Å². The lowest BCUT2D eigenvalue weighted by Crippen LogP contribution is -2.34. The molecule has 22 heavy (non-hydrogen) atoms. The van der Waals surface area contributed by atoms with Crippen LogP contribution in [0.5, 0.6) is 0 Å².